The van der Waals surface area contributed by atoms with Crippen LogP contribution in [0.25, 0.3) is 16.9 Å². The Kier molecular flexibility index (Phi) is 5.89. The summed E-state index contributed by atoms with van der Waals surface area (Å²) in [5.74, 6) is -0.533. The van der Waals surface area contributed by atoms with Crippen LogP contribution in [0.5, 0.6) is 0 Å². The van der Waals surface area contributed by atoms with Gasteiger partial charge in [-0.05, 0) is 51.0 Å². The molecule has 184 valence electrons. The fourth-order valence-electron chi connectivity index (χ4n) is 3.76. The van der Waals surface area contributed by atoms with Crippen molar-refractivity contribution in [3.05, 3.63) is 60.2 Å². The van der Waals surface area contributed by atoms with Gasteiger partial charge in [-0.2, -0.15) is 15.5 Å². The Morgan fingerprint density at radius 3 is 2.81 bits per heavy atom. The second kappa shape index (κ2) is 9.05. The summed E-state index contributed by atoms with van der Waals surface area (Å²) in [5, 5.41) is 33.5. The van der Waals surface area contributed by atoms with E-state index in [2.05, 4.69) is 31.9 Å². The summed E-state index contributed by atoms with van der Waals surface area (Å²) >= 11 is 0. The summed E-state index contributed by atoms with van der Waals surface area (Å²) in [7, 11) is 0. The van der Waals surface area contributed by atoms with Crippen LogP contribution >= 0.6 is 0 Å². The van der Waals surface area contributed by atoms with Gasteiger partial charge < -0.3 is 15.7 Å². The number of anilines is 2. The van der Waals surface area contributed by atoms with Gasteiger partial charge in [0, 0.05) is 12.4 Å². The second-order valence-electron chi connectivity index (χ2n) is 9.42. The third kappa shape index (κ3) is 4.76. The SMILES string of the molecule is CC(C)(O)C(F)CNC(=O)c1cnc(-c2ccc3cc(C#N)cnn23)cc1Nc1cnn(C2CC2)c1. The predicted octanol–water partition coefficient (Wildman–Crippen LogP) is 3.38. The molecule has 4 aromatic rings. The van der Waals surface area contributed by atoms with Crippen molar-refractivity contribution in [2.75, 3.05) is 11.9 Å². The first-order valence-electron chi connectivity index (χ1n) is 11.6. The molecule has 4 heterocycles. The Hall–Kier alpha value is -4.30. The first-order valence-corrected chi connectivity index (χ1v) is 11.6. The number of aromatic nitrogens is 5. The van der Waals surface area contributed by atoms with Crippen LogP contribution in [-0.2, 0) is 0 Å². The highest BCUT2D eigenvalue weighted by Gasteiger charge is 2.28. The van der Waals surface area contributed by atoms with Crippen LogP contribution in [0.3, 0.4) is 0 Å². The monoisotopic (exact) mass is 488 g/mol. The molecule has 0 saturated heterocycles. The lowest BCUT2D eigenvalue weighted by molar-refractivity contribution is -0.00177. The zero-order valence-corrected chi connectivity index (χ0v) is 19.8. The zero-order valence-electron chi connectivity index (χ0n) is 19.8. The van der Waals surface area contributed by atoms with Gasteiger partial charge in [0.2, 0.25) is 0 Å². The third-order valence-corrected chi connectivity index (χ3v) is 6.05. The molecule has 0 spiro atoms. The van der Waals surface area contributed by atoms with Crippen molar-refractivity contribution < 1.29 is 14.3 Å². The molecule has 5 rings (SSSR count). The molecule has 11 heteroatoms. The molecule has 1 saturated carbocycles. The van der Waals surface area contributed by atoms with Crippen LogP contribution in [0, 0.1) is 11.3 Å². The summed E-state index contributed by atoms with van der Waals surface area (Å²) in [6.45, 7) is 2.35. The van der Waals surface area contributed by atoms with Crippen molar-refractivity contribution in [2.24, 2.45) is 0 Å². The number of carbonyl (C=O) groups excluding carboxylic acids is 1. The van der Waals surface area contributed by atoms with Gasteiger partial charge in [-0.25, -0.2) is 8.91 Å². The molecule has 0 radical (unpaired) electrons. The number of nitrogens with one attached hydrogen (secondary N) is 2. The van der Waals surface area contributed by atoms with E-state index in [1.807, 2.05) is 23.0 Å². The van der Waals surface area contributed by atoms with Gasteiger partial charge in [0.05, 0.1) is 70.0 Å². The molecule has 3 N–H and O–H groups in total. The lowest BCUT2D eigenvalue weighted by Gasteiger charge is -2.22. The Balaban J connectivity index is 1.48. The molecule has 4 aromatic heterocycles. The topological polar surface area (TPSA) is 133 Å². The molecule has 1 amide bonds. The van der Waals surface area contributed by atoms with Gasteiger partial charge in [0.15, 0.2) is 0 Å². The highest BCUT2D eigenvalue weighted by molar-refractivity contribution is 6.00. The summed E-state index contributed by atoms with van der Waals surface area (Å²) in [5.41, 5.74) is 2.17. The van der Waals surface area contributed by atoms with Crippen LogP contribution in [0.1, 0.15) is 48.7 Å². The van der Waals surface area contributed by atoms with Gasteiger partial charge in [0.25, 0.3) is 5.91 Å². The third-order valence-electron chi connectivity index (χ3n) is 6.05. The van der Waals surface area contributed by atoms with Crippen molar-refractivity contribution in [1.82, 2.24) is 29.7 Å². The van der Waals surface area contributed by atoms with Crippen LogP contribution in [0.2, 0.25) is 0 Å². The lowest BCUT2D eigenvalue weighted by atomic mass is 10.0. The Morgan fingerprint density at radius 1 is 1.28 bits per heavy atom. The summed E-state index contributed by atoms with van der Waals surface area (Å²) < 4.78 is 17.8. The first kappa shape index (κ1) is 23.4. The molecular formula is C25H25FN8O2. The maximum Gasteiger partial charge on any atom is 0.255 e. The maximum absolute atomic E-state index is 14.2. The molecule has 1 aliphatic rings. The molecule has 1 unspecified atom stereocenters. The number of alkyl halides is 1. The van der Waals surface area contributed by atoms with Crippen molar-refractivity contribution in [3.8, 4) is 17.5 Å². The number of nitrogens with zero attached hydrogens (tertiary/aromatic N) is 6. The van der Waals surface area contributed by atoms with Crippen LogP contribution < -0.4 is 10.6 Å². The van der Waals surface area contributed by atoms with E-state index in [1.165, 1.54) is 26.2 Å². The number of amides is 1. The Morgan fingerprint density at radius 2 is 2.08 bits per heavy atom. The number of nitriles is 1. The second-order valence-corrected chi connectivity index (χ2v) is 9.42. The van der Waals surface area contributed by atoms with E-state index in [0.717, 1.165) is 18.4 Å². The molecule has 1 fully saturated rings. The number of fused-ring (bicyclic) bond motifs is 1. The summed E-state index contributed by atoms with van der Waals surface area (Å²) in [6.07, 6.45) is 6.98. The molecule has 0 aliphatic heterocycles. The fraction of sp³-hybridized carbons (Fsp3) is 0.320. The zero-order chi connectivity index (χ0) is 25.4. The summed E-state index contributed by atoms with van der Waals surface area (Å²) in [4.78, 5) is 17.4. The van der Waals surface area contributed by atoms with Gasteiger partial charge in [-0.15, -0.1) is 0 Å². The number of aliphatic hydroxyl groups is 1. The van der Waals surface area contributed by atoms with Gasteiger partial charge in [-0.3, -0.25) is 14.5 Å². The summed E-state index contributed by atoms with van der Waals surface area (Å²) in [6, 6.07) is 9.57. The molecular weight excluding hydrogens is 463 g/mol. The van der Waals surface area contributed by atoms with Crippen molar-refractivity contribution in [3.63, 3.8) is 0 Å². The molecule has 0 aromatic carbocycles. The Labute approximate surface area is 206 Å². The number of hydrogen-bond donors (Lipinski definition) is 3. The first-order chi connectivity index (χ1) is 17.2. The average molecular weight is 489 g/mol. The number of hydrogen-bond acceptors (Lipinski definition) is 7. The van der Waals surface area contributed by atoms with E-state index < -0.39 is 17.7 Å². The highest BCUT2D eigenvalue weighted by atomic mass is 19.1. The van der Waals surface area contributed by atoms with Crippen molar-refractivity contribution in [2.45, 2.75) is 44.5 Å². The minimum atomic E-state index is -1.64. The largest absolute Gasteiger partial charge is 0.387 e. The van der Waals surface area contributed by atoms with Crippen LogP contribution in [0.4, 0.5) is 15.8 Å². The van der Waals surface area contributed by atoms with Gasteiger partial charge in [0.1, 0.15) is 12.2 Å². The van der Waals surface area contributed by atoms with Crippen LogP contribution in [0.15, 0.2) is 49.1 Å². The fourth-order valence-corrected chi connectivity index (χ4v) is 3.76. The molecule has 0 bridgehead atoms. The quantitative estimate of drug-likeness (QED) is 0.346. The molecule has 1 atom stereocenters. The minimum absolute atomic E-state index is 0.210. The van der Waals surface area contributed by atoms with Gasteiger partial charge in [-0.1, -0.05) is 0 Å². The maximum atomic E-state index is 14.2. The van der Waals surface area contributed by atoms with E-state index in [4.69, 9.17) is 5.26 Å². The molecule has 36 heavy (non-hydrogen) atoms. The smallest absolute Gasteiger partial charge is 0.255 e. The Bertz CT molecular complexity index is 1480. The minimum Gasteiger partial charge on any atom is -0.387 e. The number of halogens is 1. The average Bonchev–Trinajstić information content (AvgIpc) is 3.46. The molecule has 10 nitrogen and oxygen atoms in total. The van der Waals surface area contributed by atoms with E-state index in [1.54, 1.807) is 22.8 Å². The van der Waals surface area contributed by atoms with Gasteiger partial charge >= 0.3 is 0 Å². The number of rotatable bonds is 8. The van der Waals surface area contributed by atoms with E-state index >= 15 is 0 Å². The van der Waals surface area contributed by atoms with E-state index in [0.29, 0.717) is 34.4 Å². The van der Waals surface area contributed by atoms with E-state index in [-0.39, 0.29) is 12.1 Å². The normalized spacial score (nSPS) is 14.4. The number of pyridine rings is 1. The predicted molar refractivity (Wildman–Crippen MR) is 130 cm³/mol. The van der Waals surface area contributed by atoms with Crippen molar-refractivity contribution >= 4 is 22.8 Å². The highest BCUT2D eigenvalue weighted by Crippen LogP contribution is 2.35. The lowest BCUT2D eigenvalue weighted by Crippen LogP contribution is -2.42. The van der Waals surface area contributed by atoms with Crippen molar-refractivity contribution in [1.29, 1.82) is 5.26 Å². The van der Waals surface area contributed by atoms with Crippen LogP contribution in [-0.4, -0.2) is 53.7 Å². The number of carbonyl (C=O) groups is 1. The molecule has 1 aliphatic carbocycles. The standard InChI is InChI=1S/C25H25FN8O2/c1-25(2,36)23(26)13-29-24(35)19-12-28-21(22-6-5-18-7-15(9-27)10-31-34(18)22)8-20(19)32-16-11-30-33(14-16)17-3-4-17/h5-8,10-12,14,17,23,36H,3-4,13H2,1-2H3,(H,28,32)(H,29,35). The van der Waals surface area contributed by atoms with E-state index in [9.17, 15) is 14.3 Å².